The van der Waals surface area contributed by atoms with Gasteiger partial charge in [0, 0.05) is 47.1 Å². The van der Waals surface area contributed by atoms with Gasteiger partial charge in [0.2, 0.25) is 5.91 Å². The van der Waals surface area contributed by atoms with Crippen LogP contribution in [-0.2, 0) is 11.2 Å². The zero-order chi connectivity index (χ0) is 34.9. The molecule has 0 aliphatic heterocycles. The zero-order valence-electron chi connectivity index (χ0n) is 27.6. The Hall–Kier alpha value is -6.56. The molecule has 4 amide bonds. The van der Waals surface area contributed by atoms with Gasteiger partial charge in [-0.2, -0.15) is 5.10 Å². The summed E-state index contributed by atoms with van der Waals surface area (Å²) in [6.07, 6.45) is 7.37. The molecule has 6 rings (SSSR count). The van der Waals surface area contributed by atoms with Crippen LogP contribution in [-0.4, -0.2) is 44.1 Å². The van der Waals surface area contributed by atoms with Crippen LogP contribution in [0.3, 0.4) is 0 Å². The third-order valence-corrected chi connectivity index (χ3v) is 7.78. The fourth-order valence-corrected chi connectivity index (χ4v) is 5.24. The van der Waals surface area contributed by atoms with Crippen LogP contribution in [0.4, 0.5) is 22.1 Å². The van der Waals surface area contributed by atoms with Crippen molar-refractivity contribution in [3.8, 4) is 17.2 Å². The summed E-state index contributed by atoms with van der Waals surface area (Å²) < 4.78 is 7.98. The lowest BCUT2D eigenvalue weighted by molar-refractivity contribution is -0.115. The first-order valence-electron chi connectivity index (χ1n) is 16.2. The second-order valence-corrected chi connectivity index (χ2v) is 11.6. The van der Waals surface area contributed by atoms with Crippen LogP contribution in [0, 0.1) is 6.92 Å². The number of amides is 4. The summed E-state index contributed by atoms with van der Waals surface area (Å²) in [5, 5.41) is 17.5. The zero-order valence-corrected chi connectivity index (χ0v) is 27.6. The molecule has 0 spiro atoms. The van der Waals surface area contributed by atoms with Gasteiger partial charge in [0.1, 0.15) is 23.1 Å². The molecule has 0 bridgehead atoms. The largest absolute Gasteiger partial charge is 0.457 e. The van der Waals surface area contributed by atoms with Gasteiger partial charge in [-0.1, -0.05) is 55.3 Å². The van der Waals surface area contributed by atoms with Crippen molar-refractivity contribution >= 4 is 45.9 Å². The first kappa shape index (κ1) is 33.3. The summed E-state index contributed by atoms with van der Waals surface area (Å²) in [7, 11) is 0. The minimum Gasteiger partial charge on any atom is -0.457 e. The van der Waals surface area contributed by atoms with Gasteiger partial charge in [0.25, 0.3) is 5.91 Å². The topological polar surface area (TPSA) is 152 Å². The van der Waals surface area contributed by atoms with E-state index in [1.54, 1.807) is 41.1 Å². The van der Waals surface area contributed by atoms with E-state index in [2.05, 4.69) is 38.2 Å². The molecule has 0 atom stereocenters. The molecule has 12 nitrogen and oxygen atoms in total. The molecule has 4 N–H and O–H groups in total. The normalized spacial score (nSPS) is 10.8. The molecular formula is C38H36N8O4. The first-order chi connectivity index (χ1) is 24.4. The Balaban J connectivity index is 1.14. The number of benzene rings is 3. The van der Waals surface area contributed by atoms with Gasteiger partial charge in [-0.05, 0) is 62.2 Å². The number of nitrogens with one attached hydrogen (secondary N) is 4. The number of aromatic nitrogens is 4. The number of rotatable bonds is 12. The minimum atomic E-state index is -0.449. The third kappa shape index (κ3) is 8.29. The van der Waals surface area contributed by atoms with Crippen molar-refractivity contribution in [3.63, 3.8) is 0 Å². The number of ether oxygens (including phenoxy) is 1. The van der Waals surface area contributed by atoms with E-state index in [-0.39, 0.29) is 18.3 Å². The van der Waals surface area contributed by atoms with Gasteiger partial charge in [0.15, 0.2) is 0 Å². The fraction of sp³-hybridized carbons (Fsp3) is 0.158. The Bertz CT molecular complexity index is 2130. The average molecular weight is 669 g/mol. The van der Waals surface area contributed by atoms with Crippen LogP contribution in [0.25, 0.3) is 16.5 Å². The SMILES string of the molecule is CCCCc1cc(NC(=O)Nc2ccc(Oc3ccnc(NC(=O)CNC(=O)c4ccncc4)c3)c3ccccc23)n(-c2ccc(C)cc2)n1. The second kappa shape index (κ2) is 15.6. The summed E-state index contributed by atoms with van der Waals surface area (Å²) >= 11 is 0. The highest BCUT2D eigenvalue weighted by Crippen LogP contribution is 2.35. The molecule has 0 aliphatic rings. The molecule has 0 saturated carbocycles. The molecule has 50 heavy (non-hydrogen) atoms. The molecule has 3 heterocycles. The number of unbranched alkanes of at least 4 members (excludes halogenated alkanes) is 1. The predicted octanol–water partition coefficient (Wildman–Crippen LogP) is 7.27. The fourth-order valence-electron chi connectivity index (χ4n) is 5.24. The number of anilines is 3. The van der Waals surface area contributed by atoms with Crippen molar-refractivity contribution in [2.75, 3.05) is 22.5 Å². The van der Waals surface area contributed by atoms with Crippen molar-refractivity contribution in [1.29, 1.82) is 0 Å². The van der Waals surface area contributed by atoms with Crippen molar-refractivity contribution in [2.45, 2.75) is 33.1 Å². The number of hydrogen-bond donors (Lipinski definition) is 4. The van der Waals surface area contributed by atoms with Gasteiger partial charge >= 0.3 is 6.03 Å². The van der Waals surface area contributed by atoms with Crippen LogP contribution in [0.5, 0.6) is 11.5 Å². The number of fused-ring (bicyclic) bond motifs is 1. The number of carbonyl (C=O) groups is 3. The van der Waals surface area contributed by atoms with E-state index in [9.17, 15) is 14.4 Å². The smallest absolute Gasteiger partial charge is 0.324 e. The maximum atomic E-state index is 13.4. The van der Waals surface area contributed by atoms with Crippen LogP contribution in [0.1, 0.15) is 41.4 Å². The Morgan fingerprint density at radius 1 is 0.820 bits per heavy atom. The number of urea groups is 1. The molecule has 0 unspecified atom stereocenters. The van der Waals surface area contributed by atoms with Crippen LogP contribution in [0.15, 0.2) is 110 Å². The number of hydrogen-bond acceptors (Lipinski definition) is 7. The van der Waals surface area contributed by atoms with Crippen molar-refractivity contribution in [2.24, 2.45) is 0 Å². The third-order valence-electron chi connectivity index (χ3n) is 7.78. The maximum absolute atomic E-state index is 13.4. The molecular weight excluding hydrogens is 632 g/mol. The summed E-state index contributed by atoms with van der Waals surface area (Å²) in [4.78, 5) is 46.2. The van der Waals surface area contributed by atoms with Gasteiger partial charge in [-0.15, -0.1) is 0 Å². The van der Waals surface area contributed by atoms with Gasteiger partial charge in [-0.3, -0.25) is 19.9 Å². The highest BCUT2D eigenvalue weighted by molar-refractivity contribution is 6.07. The Labute approximate surface area is 288 Å². The van der Waals surface area contributed by atoms with E-state index in [1.165, 1.54) is 18.6 Å². The van der Waals surface area contributed by atoms with Gasteiger partial charge in [-0.25, -0.2) is 14.5 Å². The molecule has 0 radical (unpaired) electrons. The number of carbonyl (C=O) groups excluding carboxylic acids is 3. The maximum Gasteiger partial charge on any atom is 0.324 e. The van der Waals surface area contributed by atoms with Gasteiger partial charge < -0.3 is 20.7 Å². The average Bonchev–Trinajstić information content (AvgIpc) is 3.53. The van der Waals surface area contributed by atoms with E-state index < -0.39 is 11.9 Å². The van der Waals surface area contributed by atoms with Crippen LogP contribution < -0.4 is 26.0 Å². The molecule has 3 aromatic heterocycles. The predicted molar refractivity (Wildman–Crippen MR) is 193 cm³/mol. The number of nitrogens with zero attached hydrogens (tertiary/aromatic N) is 4. The number of pyridine rings is 2. The lowest BCUT2D eigenvalue weighted by Crippen LogP contribution is -2.33. The minimum absolute atomic E-state index is 0.241. The molecule has 6 aromatic rings. The van der Waals surface area contributed by atoms with Crippen molar-refractivity contribution in [3.05, 3.63) is 126 Å². The molecule has 12 heteroatoms. The Kier molecular flexibility index (Phi) is 10.4. The monoisotopic (exact) mass is 668 g/mol. The molecule has 252 valence electrons. The first-order valence-corrected chi connectivity index (χ1v) is 16.2. The summed E-state index contributed by atoms with van der Waals surface area (Å²) in [5.74, 6) is 0.960. The van der Waals surface area contributed by atoms with Crippen molar-refractivity contribution < 1.29 is 19.1 Å². The second-order valence-electron chi connectivity index (χ2n) is 11.6. The van der Waals surface area contributed by atoms with Gasteiger partial charge in [0.05, 0.1) is 23.6 Å². The quantitative estimate of drug-likeness (QED) is 0.107. The molecule has 3 aromatic carbocycles. The lowest BCUT2D eigenvalue weighted by atomic mass is 10.1. The summed E-state index contributed by atoms with van der Waals surface area (Å²) in [6.45, 7) is 3.92. The van der Waals surface area contributed by atoms with Crippen LogP contribution >= 0.6 is 0 Å². The summed E-state index contributed by atoms with van der Waals surface area (Å²) in [6, 6.07) is 27.0. The van der Waals surface area contributed by atoms with E-state index in [1.807, 2.05) is 61.5 Å². The lowest BCUT2D eigenvalue weighted by Gasteiger charge is -2.15. The molecule has 0 aliphatic carbocycles. The summed E-state index contributed by atoms with van der Waals surface area (Å²) in [5.41, 5.74) is 3.88. The molecule has 0 saturated heterocycles. The number of aryl methyl sites for hydroxylation is 2. The highest BCUT2D eigenvalue weighted by atomic mass is 16.5. The van der Waals surface area contributed by atoms with E-state index >= 15 is 0 Å². The molecule has 0 fully saturated rings. The van der Waals surface area contributed by atoms with E-state index in [0.717, 1.165) is 47.0 Å². The highest BCUT2D eigenvalue weighted by Gasteiger charge is 2.16. The standard InChI is InChI=1S/C38H36N8O4/c1-3-4-7-27-22-35(46(45-27)28-12-10-25(2)11-13-28)44-38(49)42-32-14-15-33(31-9-6-5-8-30(31)32)50-29-18-21-40-34(23-29)43-36(47)24-41-37(48)26-16-19-39-20-17-26/h5-6,8-23H,3-4,7,24H2,1-2H3,(H,41,48)(H,40,43,47)(H2,42,44,49). The van der Waals surface area contributed by atoms with Crippen LogP contribution in [0.2, 0.25) is 0 Å². The van der Waals surface area contributed by atoms with E-state index in [4.69, 9.17) is 9.84 Å². The Morgan fingerprint density at radius 3 is 2.38 bits per heavy atom. The van der Waals surface area contributed by atoms with E-state index in [0.29, 0.717) is 28.6 Å². The Morgan fingerprint density at radius 2 is 1.60 bits per heavy atom. The van der Waals surface area contributed by atoms with Crippen molar-refractivity contribution in [1.82, 2.24) is 25.1 Å².